The number of amides is 1. The molecule has 1 aliphatic rings. The Hall–Kier alpha value is -3.71. The highest BCUT2D eigenvalue weighted by Crippen LogP contribution is 2.41. The van der Waals surface area contributed by atoms with Gasteiger partial charge in [-0.1, -0.05) is 24.3 Å². The van der Waals surface area contributed by atoms with Crippen LogP contribution in [0.1, 0.15) is 16.7 Å². The molecule has 174 valence electrons. The normalized spacial score (nSPS) is 15.8. The summed E-state index contributed by atoms with van der Waals surface area (Å²) in [6, 6.07) is 19.2. The number of methoxy groups -OCH3 is 3. The van der Waals surface area contributed by atoms with Gasteiger partial charge in [0.25, 0.3) is 5.91 Å². The van der Waals surface area contributed by atoms with E-state index in [1.54, 1.807) is 44.4 Å². The minimum atomic E-state index is -0.165. The van der Waals surface area contributed by atoms with Gasteiger partial charge in [0.15, 0.2) is 5.17 Å². The number of amidine groups is 1. The molecule has 1 aliphatic heterocycles. The monoisotopic (exact) mass is 474 g/mol. The van der Waals surface area contributed by atoms with Gasteiger partial charge in [-0.05, 0) is 67.1 Å². The first-order valence-corrected chi connectivity index (χ1v) is 11.5. The Morgan fingerprint density at radius 1 is 0.853 bits per heavy atom. The number of carbonyl (C=O) groups excluding carboxylic acids is 1. The second kappa shape index (κ2) is 10.1. The van der Waals surface area contributed by atoms with Crippen molar-refractivity contribution in [3.8, 4) is 17.2 Å². The van der Waals surface area contributed by atoms with Crippen LogP contribution in [0, 0.1) is 13.8 Å². The zero-order valence-corrected chi connectivity index (χ0v) is 20.6. The van der Waals surface area contributed by atoms with E-state index in [1.165, 1.54) is 11.8 Å². The second-order valence-corrected chi connectivity index (χ2v) is 8.78. The molecule has 4 rings (SSSR count). The summed E-state index contributed by atoms with van der Waals surface area (Å²) in [6.07, 6.45) is 1.78. The molecule has 1 fully saturated rings. The lowest BCUT2D eigenvalue weighted by molar-refractivity contribution is -0.113. The highest BCUT2D eigenvalue weighted by atomic mass is 32.2. The zero-order chi connectivity index (χ0) is 24.2. The number of hydrogen-bond acceptors (Lipinski definition) is 6. The Labute approximate surface area is 203 Å². The van der Waals surface area contributed by atoms with Gasteiger partial charge in [0.2, 0.25) is 0 Å². The van der Waals surface area contributed by atoms with Crippen LogP contribution in [0.25, 0.3) is 6.08 Å². The Kier molecular flexibility index (Phi) is 6.93. The van der Waals surface area contributed by atoms with E-state index in [9.17, 15) is 4.79 Å². The predicted octanol–water partition coefficient (Wildman–Crippen LogP) is 6.14. The molecule has 0 aromatic heterocycles. The van der Waals surface area contributed by atoms with E-state index in [-0.39, 0.29) is 5.91 Å². The molecule has 7 heteroatoms. The van der Waals surface area contributed by atoms with Gasteiger partial charge in [-0.15, -0.1) is 0 Å². The van der Waals surface area contributed by atoms with Gasteiger partial charge < -0.3 is 14.2 Å². The summed E-state index contributed by atoms with van der Waals surface area (Å²) < 4.78 is 16.5. The Balaban J connectivity index is 1.85. The van der Waals surface area contributed by atoms with Gasteiger partial charge in [-0.25, -0.2) is 4.99 Å². The maximum Gasteiger partial charge on any atom is 0.271 e. The van der Waals surface area contributed by atoms with Crippen LogP contribution in [0.5, 0.6) is 17.2 Å². The highest BCUT2D eigenvalue weighted by molar-refractivity contribution is 8.19. The number of nitrogens with zero attached hydrogens (tertiary/aromatic N) is 2. The number of aliphatic imine (C=N–C) groups is 1. The fraction of sp³-hybridized carbons (Fsp3) is 0.185. The molecule has 0 unspecified atom stereocenters. The SMILES string of the molecule is COc1cc(OC)c(/C=C2\SC(=Nc3cccc(C)c3)N(c3cccc(C)c3)C2=O)c(OC)c1. The van der Waals surface area contributed by atoms with Crippen LogP contribution < -0.4 is 19.1 Å². The maximum absolute atomic E-state index is 13.7. The Morgan fingerprint density at radius 2 is 1.50 bits per heavy atom. The summed E-state index contributed by atoms with van der Waals surface area (Å²) in [6.45, 7) is 4.01. The van der Waals surface area contributed by atoms with E-state index in [4.69, 9.17) is 19.2 Å². The minimum Gasteiger partial charge on any atom is -0.496 e. The van der Waals surface area contributed by atoms with E-state index in [1.807, 2.05) is 62.4 Å². The molecule has 0 aliphatic carbocycles. The average molecular weight is 475 g/mol. The summed E-state index contributed by atoms with van der Waals surface area (Å²) in [5, 5.41) is 0.582. The number of rotatable bonds is 6. The van der Waals surface area contributed by atoms with Crippen molar-refractivity contribution in [2.45, 2.75) is 13.8 Å². The number of anilines is 1. The van der Waals surface area contributed by atoms with E-state index in [0.29, 0.717) is 32.9 Å². The molecular weight excluding hydrogens is 448 g/mol. The average Bonchev–Trinajstić information content (AvgIpc) is 3.13. The lowest BCUT2D eigenvalue weighted by Crippen LogP contribution is -2.28. The quantitative estimate of drug-likeness (QED) is 0.402. The largest absolute Gasteiger partial charge is 0.496 e. The molecule has 3 aromatic carbocycles. The van der Waals surface area contributed by atoms with Crippen LogP contribution in [-0.2, 0) is 4.79 Å². The van der Waals surface area contributed by atoms with Gasteiger partial charge in [-0.3, -0.25) is 9.69 Å². The van der Waals surface area contributed by atoms with Gasteiger partial charge >= 0.3 is 0 Å². The topological polar surface area (TPSA) is 60.4 Å². The molecule has 0 saturated carbocycles. The van der Waals surface area contributed by atoms with Gasteiger partial charge in [0.05, 0.1) is 43.2 Å². The van der Waals surface area contributed by atoms with Gasteiger partial charge in [-0.2, -0.15) is 0 Å². The molecule has 0 radical (unpaired) electrons. The first kappa shape index (κ1) is 23.4. The summed E-state index contributed by atoms with van der Waals surface area (Å²) >= 11 is 1.32. The fourth-order valence-corrected chi connectivity index (χ4v) is 4.64. The number of carbonyl (C=O) groups is 1. The van der Waals surface area contributed by atoms with Crippen LogP contribution >= 0.6 is 11.8 Å². The number of hydrogen-bond donors (Lipinski definition) is 0. The van der Waals surface area contributed by atoms with Crippen molar-refractivity contribution in [2.75, 3.05) is 26.2 Å². The van der Waals surface area contributed by atoms with Crippen LogP contribution in [0.2, 0.25) is 0 Å². The molecule has 0 spiro atoms. The molecule has 1 heterocycles. The molecule has 0 atom stereocenters. The second-order valence-electron chi connectivity index (χ2n) is 7.77. The predicted molar refractivity (Wildman–Crippen MR) is 139 cm³/mol. The van der Waals surface area contributed by atoms with Crippen molar-refractivity contribution in [1.82, 2.24) is 0 Å². The van der Waals surface area contributed by atoms with Crippen LogP contribution in [0.4, 0.5) is 11.4 Å². The van der Waals surface area contributed by atoms with Crippen LogP contribution in [0.3, 0.4) is 0 Å². The molecule has 6 nitrogen and oxygen atoms in total. The summed E-state index contributed by atoms with van der Waals surface area (Å²) in [5.41, 5.74) is 4.36. The number of benzene rings is 3. The molecule has 1 saturated heterocycles. The third kappa shape index (κ3) is 4.79. The summed E-state index contributed by atoms with van der Waals surface area (Å²) in [5.74, 6) is 1.53. The first-order valence-electron chi connectivity index (χ1n) is 10.7. The lowest BCUT2D eigenvalue weighted by atomic mass is 10.1. The number of ether oxygens (including phenoxy) is 3. The number of thioether (sulfide) groups is 1. The van der Waals surface area contributed by atoms with Crippen molar-refractivity contribution in [1.29, 1.82) is 0 Å². The lowest BCUT2D eigenvalue weighted by Gasteiger charge is -2.16. The smallest absolute Gasteiger partial charge is 0.271 e. The minimum absolute atomic E-state index is 0.165. The third-order valence-electron chi connectivity index (χ3n) is 5.32. The van der Waals surface area contributed by atoms with E-state index in [2.05, 4.69) is 0 Å². The molecule has 3 aromatic rings. The van der Waals surface area contributed by atoms with Crippen molar-refractivity contribution >= 4 is 40.3 Å². The molecular formula is C27H26N2O4S. The van der Waals surface area contributed by atoms with Crippen molar-refractivity contribution < 1.29 is 19.0 Å². The van der Waals surface area contributed by atoms with E-state index >= 15 is 0 Å². The fourth-order valence-electron chi connectivity index (χ4n) is 3.66. The maximum atomic E-state index is 13.7. The standard InChI is InChI=1S/C27H26N2O4S/c1-17-8-6-10-19(12-17)28-27-29(20-11-7-9-18(2)13-20)26(30)25(34-27)16-22-23(32-4)14-21(31-3)15-24(22)33-5/h6-16H,1-5H3/b25-16-,28-27?. The van der Waals surface area contributed by atoms with Crippen LogP contribution in [0.15, 0.2) is 70.6 Å². The molecule has 0 bridgehead atoms. The summed E-state index contributed by atoms with van der Waals surface area (Å²) in [7, 11) is 4.73. The van der Waals surface area contributed by atoms with Gasteiger partial charge in [0.1, 0.15) is 17.2 Å². The molecule has 34 heavy (non-hydrogen) atoms. The first-order chi connectivity index (χ1) is 16.4. The van der Waals surface area contributed by atoms with Crippen LogP contribution in [-0.4, -0.2) is 32.4 Å². The van der Waals surface area contributed by atoms with Crippen molar-refractivity contribution in [3.63, 3.8) is 0 Å². The zero-order valence-electron chi connectivity index (χ0n) is 19.8. The van der Waals surface area contributed by atoms with Gasteiger partial charge in [0, 0.05) is 12.1 Å². The Bertz CT molecular complexity index is 1270. The van der Waals surface area contributed by atoms with Crippen molar-refractivity contribution in [2.24, 2.45) is 4.99 Å². The molecule has 0 N–H and O–H groups in total. The molecule has 1 amide bonds. The number of aryl methyl sites for hydroxylation is 2. The summed E-state index contributed by atoms with van der Waals surface area (Å²) in [4.78, 5) is 20.6. The van der Waals surface area contributed by atoms with E-state index < -0.39 is 0 Å². The third-order valence-corrected chi connectivity index (χ3v) is 6.29. The van der Waals surface area contributed by atoms with Crippen molar-refractivity contribution in [3.05, 3.63) is 82.3 Å². The van der Waals surface area contributed by atoms with E-state index in [0.717, 1.165) is 22.5 Å². The highest BCUT2D eigenvalue weighted by Gasteiger charge is 2.35. The Morgan fingerprint density at radius 3 is 2.09 bits per heavy atom.